The Kier molecular flexibility index (Phi) is 5.14. The van der Waals surface area contributed by atoms with E-state index in [2.05, 4.69) is 25.9 Å². The van der Waals surface area contributed by atoms with Gasteiger partial charge in [0, 0.05) is 15.6 Å². The van der Waals surface area contributed by atoms with E-state index in [9.17, 15) is 4.79 Å². The van der Waals surface area contributed by atoms with Gasteiger partial charge >= 0.3 is 6.03 Å². The van der Waals surface area contributed by atoms with Crippen molar-refractivity contribution in [2.45, 2.75) is 16.8 Å². The largest absolute Gasteiger partial charge is 0.323 e. The maximum Gasteiger partial charge on any atom is 0.323 e. The van der Waals surface area contributed by atoms with Gasteiger partial charge in [0.1, 0.15) is 11.4 Å². The fourth-order valence-corrected chi connectivity index (χ4v) is 3.54. The number of benzene rings is 2. The van der Waals surface area contributed by atoms with Gasteiger partial charge in [-0.1, -0.05) is 41.6 Å². The second-order valence-electron chi connectivity index (χ2n) is 5.95. The highest BCUT2D eigenvalue weighted by atomic mass is 35.5. The summed E-state index contributed by atoms with van der Waals surface area (Å²) in [6, 6.07) is 16.2. The van der Waals surface area contributed by atoms with Gasteiger partial charge in [0.2, 0.25) is 0 Å². The number of amides is 2. The molecule has 2 aromatic carbocycles. The minimum Gasteiger partial charge on any atom is -0.308 e. The predicted octanol–water partition coefficient (Wildman–Crippen LogP) is 4.88. The summed E-state index contributed by atoms with van der Waals surface area (Å²) < 4.78 is 1.60. The number of halogens is 1. The average Bonchev–Trinajstić information content (AvgIpc) is 3.14. The molecule has 2 aromatic heterocycles. The number of anilines is 2. The molecular formula is C19H15ClN6OS. The minimum atomic E-state index is -0.352. The number of nitrogens with zero attached hydrogens (tertiary/aromatic N) is 4. The summed E-state index contributed by atoms with van der Waals surface area (Å²) in [6.45, 7) is 1.91. The summed E-state index contributed by atoms with van der Waals surface area (Å²) in [4.78, 5) is 13.3. The van der Waals surface area contributed by atoms with Gasteiger partial charge in [0.05, 0.1) is 5.69 Å². The highest BCUT2D eigenvalue weighted by molar-refractivity contribution is 7.99. The number of rotatable bonds is 4. The molecular weight excluding hydrogens is 396 g/mol. The van der Waals surface area contributed by atoms with E-state index in [1.165, 1.54) is 11.8 Å². The van der Waals surface area contributed by atoms with E-state index in [1.54, 1.807) is 23.0 Å². The molecule has 2 heterocycles. The number of carbonyl (C=O) groups excluding carboxylic acids is 1. The Morgan fingerprint density at radius 3 is 2.82 bits per heavy atom. The summed E-state index contributed by atoms with van der Waals surface area (Å²) in [5, 5.41) is 19.2. The van der Waals surface area contributed by atoms with E-state index >= 15 is 0 Å². The molecule has 0 bridgehead atoms. The number of aromatic nitrogens is 4. The van der Waals surface area contributed by atoms with Crippen molar-refractivity contribution in [2.24, 2.45) is 0 Å². The predicted molar refractivity (Wildman–Crippen MR) is 110 cm³/mol. The Hall–Kier alpha value is -3.10. The monoisotopic (exact) mass is 410 g/mol. The molecule has 0 aliphatic rings. The van der Waals surface area contributed by atoms with E-state index in [0.717, 1.165) is 15.5 Å². The van der Waals surface area contributed by atoms with Crippen molar-refractivity contribution in [1.29, 1.82) is 0 Å². The standard InChI is InChI=1S/C19H15ClN6OS/c1-12-6-7-13(10-14(12)20)22-19(27)23-15-4-2-3-5-16(15)28-18-9-8-17-24-21-11-26(17)25-18/h2-11H,1H3,(H2,22,23,27). The van der Waals surface area contributed by atoms with Crippen LogP contribution in [0.25, 0.3) is 5.65 Å². The molecule has 0 spiro atoms. The van der Waals surface area contributed by atoms with Gasteiger partial charge < -0.3 is 10.6 Å². The first kappa shape index (κ1) is 18.3. The Morgan fingerprint density at radius 2 is 1.96 bits per heavy atom. The molecule has 0 aliphatic carbocycles. The highest BCUT2D eigenvalue weighted by Gasteiger charge is 2.10. The van der Waals surface area contributed by atoms with Crippen LogP contribution in [-0.2, 0) is 0 Å². The number of nitrogens with one attached hydrogen (secondary N) is 2. The molecule has 9 heteroatoms. The fraction of sp³-hybridized carbons (Fsp3) is 0.0526. The maximum atomic E-state index is 12.4. The van der Waals surface area contributed by atoms with Crippen LogP contribution in [0, 0.1) is 6.92 Å². The molecule has 2 amide bonds. The van der Waals surface area contributed by atoms with Gasteiger partial charge in [-0.15, -0.1) is 10.2 Å². The quantitative estimate of drug-likeness (QED) is 0.500. The first-order chi connectivity index (χ1) is 13.6. The van der Waals surface area contributed by atoms with Gasteiger partial charge in [-0.05, 0) is 48.9 Å². The lowest BCUT2D eigenvalue weighted by atomic mass is 10.2. The number of aryl methyl sites for hydroxylation is 1. The smallest absolute Gasteiger partial charge is 0.308 e. The normalized spacial score (nSPS) is 10.8. The van der Waals surface area contributed by atoms with Crippen molar-refractivity contribution >= 4 is 46.4 Å². The third-order valence-electron chi connectivity index (χ3n) is 3.92. The highest BCUT2D eigenvalue weighted by Crippen LogP contribution is 2.32. The molecule has 0 radical (unpaired) electrons. The lowest BCUT2D eigenvalue weighted by Crippen LogP contribution is -2.19. The first-order valence-corrected chi connectivity index (χ1v) is 9.56. The van der Waals surface area contributed by atoms with Crippen molar-refractivity contribution in [1.82, 2.24) is 19.8 Å². The lowest BCUT2D eigenvalue weighted by molar-refractivity contribution is 0.262. The molecule has 0 fully saturated rings. The molecule has 0 aliphatic heterocycles. The molecule has 4 aromatic rings. The molecule has 0 atom stereocenters. The van der Waals surface area contributed by atoms with Crippen LogP contribution in [0.3, 0.4) is 0 Å². The Labute approximate surface area is 170 Å². The van der Waals surface area contributed by atoms with Crippen LogP contribution in [-0.4, -0.2) is 25.8 Å². The zero-order chi connectivity index (χ0) is 19.5. The van der Waals surface area contributed by atoms with Gasteiger partial charge in [0.15, 0.2) is 5.65 Å². The molecule has 7 nitrogen and oxygen atoms in total. The first-order valence-electron chi connectivity index (χ1n) is 8.36. The van der Waals surface area contributed by atoms with Crippen LogP contribution < -0.4 is 10.6 Å². The summed E-state index contributed by atoms with van der Waals surface area (Å²) >= 11 is 7.55. The maximum absolute atomic E-state index is 12.4. The molecule has 4 rings (SSSR count). The third kappa shape index (κ3) is 4.08. The van der Waals surface area contributed by atoms with Crippen LogP contribution in [0.4, 0.5) is 16.2 Å². The molecule has 0 saturated heterocycles. The van der Waals surface area contributed by atoms with E-state index in [1.807, 2.05) is 49.4 Å². The number of hydrogen-bond donors (Lipinski definition) is 2. The molecule has 0 unspecified atom stereocenters. The summed E-state index contributed by atoms with van der Waals surface area (Å²) in [6.07, 6.45) is 1.55. The van der Waals surface area contributed by atoms with Gasteiger partial charge in [-0.25, -0.2) is 4.79 Å². The molecule has 2 N–H and O–H groups in total. The van der Waals surface area contributed by atoms with Crippen LogP contribution in [0.5, 0.6) is 0 Å². The van der Waals surface area contributed by atoms with Crippen molar-refractivity contribution in [3.8, 4) is 0 Å². The van der Waals surface area contributed by atoms with Crippen LogP contribution in [0.2, 0.25) is 5.02 Å². The second-order valence-corrected chi connectivity index (χ2v) is 7.42. The lowest BCUT2D eigenvalue weighted by Gasteiger charge is -2.12. The Balaban J connectivity index is 1.50. The topological polar surface area (TPSA) is 84.2 Å². The summed E-state index contributed by atoms with van der Waals surface area (Å²) in [5.41, 5.74) is 2.92. The van der Waals surface area contributed by atoms with Gasteiger partial charge in [0.25, 0.3) is 0 Å². The number of fused-ring (bicyclic) bond motifs is 1. The molecule has 0 saturated carbocycles. The van der Waals surface area contributed by atoms with E-state index in [4.69, 9.17) is 11.6 Å². The van der Waals surface area contributed by atoms with Crippen molar-refractivity contribution < 1.29 is 4.79 Å². The number of urea groups is 1. The van der Waals surface area contributed by atoms with Gasteiger partial charge in [-0.2, -0.15) is 9.61 Å². The SMILES string of the molecule is Cc1ccc(NC(=O)Nc2ccccc2Sc2ccc3nncn3n2)cc1Cl. The van der Waals surface area contributed by atoms with Crippen molar-refractivity contribution in [3.63, 3.8) is 0 Å². The second kappa shape index (κ2) is 7.87. The van der Waals surface area contributed by atoms with E-state index in [-0.39, 0.29) is 6.03 Å². The minimum absolute atomic E-state index is 0.352. The van der Waals surface area contributed by atoms with Crippen molar-refractivity contribution in [3.05, 3.63) is 71.5 Å². The third-order valence-corrected chi connectivity index (χ3v) is 5.33. The fourth-order valence-electron chi connectivity index (χ4n) is 2.49. The van der Waals surface area contributed by atoms with Crippen LogP contribution in [0.15, 0.2) is 70.8 Å². The summed E-state index contributed by atoms with van der Waals surface area (Å²) in [7, 11) is 0. The Bertz CT molecular complexity index is 1160. The van der Waals surface area contributed by atoms with Gasteiger partial charge in [-0.3, -0.25) is 0 Å². The number of hydrogen-bond acceptors (Lipinski definition) is 5. The van der Waals surface area contributed by atoms with Crippen molar-refractivity contribution in [2.75, 3.05) is 10.6 Å². The van der Waals surface area contributed by atoms with Crippen LogP contribution >= 0.6 is 23.4 Å². The molecule has 28 heavy (non-hydrogen) atoms. The average molecular weight is 411 g/mol. The Morgan fingerprint density at radius 1 is 1.11 bits per heavy atom. The molecule has 140 valence electrons. The zero-order valence-electron chi connectivity index (χ0n) is 14.8. The number of para-hydroxylation sites is 1. The summed E-state index contributed by atoms with van der Waals surface area (Å²) in [5.74, 6) is 0. The van der Waals surface area contributed by atoms with Crippen LogP contribution in [0.1, 0.15) is 5.56 Å². The van der Waals surface area contributed by atoms with E-state index < -0.39 is 0 Å². The number of carbonyl (C=O) groups is 1. The zero-order valence-corrected chi connectivity index (χ0v) is 16.3. The van der Waals surface area contributed by atoms with E-state index in [0.29, 0.717) is 22.0 Å².